The van der Waals surface area contributed by atoms with Crippen molar-refractivity contribution >= 4 is 29.1 Å². The highest BCUT2D eigenvalue weighted by atomic mass is 35.5. The maximum absolute atomic E-state index is 13.3. The Morgan fingerprint density at radius 3 is 2.62 bits per heavy atom. The van der Waals surface area contributed by atoms with Crippen molar-refractivity contribution < 1.29 is 33.4 Å². The smallest absolute Gasteiger partial charge is 0.358 e. The van der Waals surface area contributed by atoms with Crippen LogP contribution in [0.2, 0.25) is 5.02 Å². The number of fused-ring (bicyclic) bond motifs is 1. The summed E-state index contributed by atoms with van der Waals surface area (Å²) in [5.74, 6) is 2.95. The highest BCUT2D eigenvalue weighted by molar-refractivity contribution is 6.36. The van der Waals surface area contributed by atoms with Gasteiger partial charge in [0, 0.05) is 18.4 Å². The number of hydrogen-bond donors (Lipinski definition) is 1. The van der Waals surface area contributed by atoms with Gasteiger partial charge in [-0.25, -0.2) is 4.79 Å². The van der Waals surface area contributed by atoms with Crippen LogP contribution in [0.1, 0.15) is 34.1 Å². The first-order chi connectivity index (χ1) is 12.3. The number of halogens is 1. The number of hydrogen-bond acceptors (Lipinski definition) is 8. The lowest BCUT2D eigenvalue weighted by Gasteiger charge is -2.36. The quantitative estimate of drug-likeness (QED) is 0.789. The van der Waals surface area contributed by atoms with Gasteiger partial charge in [-0.3, -0.25) is 9.59 Å². The highest BCUT2D eigenvalue weighted by Crippen LogP contribution is 2.52. The predicted molar refractivity (Wildman–Crippen MR) is 89.2 cm³/mol. The van der Waals surface area contributed by atoms with Crippen molar-refractivity contribution in [2.24, 2.45) is 11.8 Å². The van der Waals surface area contributed by atoms with Crippen molar-refractivity contribution in [2.45, 2.75) is 18.9 Å². The molecule has 1 aliphatic heterocycles. The van der Waals surface area contributed by atoms with Crippen LogP contribution in [-0.2, 0) is 14.4 Å². The van der Waals surface area contributed by atoms with E-state index in [4.69, 9.17) is 31.7 Å². The average molecular weight is 382 g/mol. The van der Waals surface area contributed by atoms with Gasteiger partial charge in [-0.05, 0) is 6.07 Å². The van der Waals surface area contributed by atoms with Crippen molar-refractivity contribution in [2.75, 3.05) is 14.2 Å². The van der Waals surface area contributed by atoms with Crippen molar-refractivity contribution in [3.05, 3.63) is 34.1 Å². The number of methoxy groups -OCH3 is 2. The lowest BCUT2D eigenvalue weighted by molar-refractivity contribution is -0.118. The van der Waals surface area contributed by atoms with E-state index in [9.17, 15) is 14.4 Å². The number of nitrogens with two attached hydrogens (primary N) is 1. The molecule has 26 heavy (non-hydrogen) atoms. The first-order valence-electron chi connectivity index (χ1n) is 7.66. The van der Waals surface area contributed by atoms with E-state index in [1.807, 2.05) is 0 Å². The monoisotopic (exact) mass is 381 g/mol. The van der Waals surface area contributed by atoms with Crippen molar-refractivity contribution in [3.63, 3.8) is 0 Å². The summed E-state index contributed by atoms with van der Waals surface area (Å²) in [6, 6.07) is 1.26. The maximum Gasteiger partial charge on any atom is 0.358 e. The minimum absolute atomic E-state index is 0.0411. The van der Waals surface area contributed by atoms with E-state index in [1.54, 1.807) is 6.92 Å². The SMILES string of the molecule is COC1=CC(=O)C[C@@H](C)[C@]12Oc1c(Cl)c(C(=O)ON)cc(OC)c1C2=O. The summed E-state index contributed by atoms with van der Waals surface area (Å²) in [5.41, 5.74) is -1.61. The number of Topliss-reactive ketones (excluding diaryl/α,β-unsaturated/α-hetero) is 1. The second-order valence-corrected chi connectivity index (χ2v) is 6.38. The van der Waals surface area contributed by atoms with Crippen molar-refractivity contribution in [3.8, 4) is 11.5 Å². The van der Waals surface area contributed by atoms with Gasteiger partial charge in [-0.15, -0.1) is 0 Å². The molecule has 2 N–H and O–H groups in total. The Kier molecular flexibility index (Phi) is 4.41. The van der Waals surface area contributed by atoms with Crippen LogP contribution in [0.25, 0.3) is 0 Å². The van der Waals surface area contributed by atoms with E-state index in [0.29, 0.717) is 0 Å². The molecule has 0 saturated heterocycles. The molecule has 0 radical (unpaired) electrons. The third-order valence-electron chi connectivity index (χ3n) is 4.64. The number of carbonyl (C=O) groups excluding carboxylic acids is 3. The molecule has 0 bridgehead atoms. The van der Waals surface area contributed by atoms with Crippen LogP contribution in [0.5, 0.6) is 11.5 Å². The van der Waals surface area contributed by atoms with Gasteiger partial charge < -0.3 is 19.0 Å². The molecule has 1 aromatic rings. The Morgan fingerprint density at radius 2 is 2.04 bits per heavy atom. The minimum atomic E-state index is -1.56. The summed E-state index contributed by atoms with van der Waals surface area (Å²) in [4.78, 5) is 41.3. The molecule has 0 saturated carbocycles. The largest absolute Gasteiger partial charge is 0.496 e. The predicted octanol–water partition coefficient (Wildman–Crippen LogP) is 1.83. The molecule has 0 amide bonds. The Hall–Kier alpha value is -2.58. The third kappa shape index (κ3) is 2.29. The number of carbonyl (C=O) groups is 3. The molecule has 138 valence electrons. The minimum Gasteiger partial charge on any atom is -0.496 e. The number of allylic oxidation sites excluding steroid dienone is 1. The van der Waals surface area contributed by atoms with Crippen molar-refractivity contribution in [1.82, 2.24) is 0 Å². The number of benzene rings is 1. The van der Waals surface area contributed by atoms with E-state index in [0.717, 1.165) is 0 Å². The Labute approximate surface area is 153 Å². The molecule has 8 nitrogen and oxygen atoms in total. The summed E-state index contributed by atoms with van der Waals surface area (Å²) in [5, 5.41) is -0.138. The fourth-order valence-electron chi connectivity index (χ4n) is 3.39. The number of ketones is 2. The number of rotatable bonds is 3. The molecular formula is C17H16ClNO7. The Morgan fingerprint density at radius 1 is 1.35 bits per heavy atom. The first-order valence-corrected chi connectivity index (χ1v) is 8.03. The highest BCUT2D eigenvalue weighted by Gasteiger charge is 2.59. The lowest BCUT2D eigenvalue weighted by atomic mass is 9.75. The zero-order valence-electron chi connectivity index (χ0n) is 14.3. The molecule has 2 atom stereocenters. The molecule has 0 aromatic heterocycles. The summed E-state index contributed by atoms with van der Waals surface area (Å²) in [6.45, 7) is 1.70. The third-order valence-corrected chi connectivity index (χ3v) is 5.01. The molecule has 1 aliphatic carbocycles. The fourth-order valence-corrected chi connectivity index (χ4v) is 3.65. The van der Waals surface area contributed by atoms with Gasteiger partial charge in [0.15, 0.2) is 17.3 Å². The van der Waals surface area contributed by atoms with Gasteiger partial charge in [0.2, 0.25) is 11.4 Å². The summed E-state index contributed by atoms with van der Waals surface area (Å²) in [7, 11) is 2.68. The summed E-state index contributed by atoms with van der Waals surface area (Å²) < 4.78 is 16.5. The standard InChI is InChI=1S/C17H16ClNO7/c1-7-4-8(20)5-11(24-3)17(7)15(21)12-10(23-2)6-9(16(22)26-19)13(18)14(12)25-17/h5-7H,4,19H2,1-3H3/t7-,17+/m1/s1. The molecule has 0 unspecified atom stereocenters. The first kappa shape index (κ1) is 18.2. The second kappa shape index (κ2) is 6.30. The van der Waals surface area contributed by atoms with Crippen LogP contribution >= 0.6 is 11.6 Å². The molecule has 3 rings (SSSR count). The van der Waals surface area contributed by atoms with E-state index in [-0.39, 0.29) is 45.6 Å². The van der Waals surface area contributed by atoms with Crippen LogP contribution in [0.3, 0.4) is 0 Å². The van der Waals surface area contributed by atoms with E-state index < -0.39 is 23.3 Å². The van der Waals surface area contributed by atoms with Gasteiger partial charge in [-0.2, -0.15) is 5.90 Å². The summed E-state index contributed by atoms with van der Waals surface area (Å²) in [6.07, 6.45) is 1.32. The topological polar surface area (TPSA) is 114 Å². The Bertz CT molecular complexity index is 863. The second-order valence-electron chi connectivity index (χ2n) is 6.00. The van der Waals surface area contributed by atoms with Gasteiger partial charge in [0.1, 0.15) is 11.3 Å². The zero-order valence-corrected chi connectivity index (χ0v) is 15.0. The average Bonchev–Trinajstić information content (AvgIpc) is 2.93. The Balaban J connectivity index is 2.26. The normalized spacial score (nSPS) is 24.0. The van der Waals surface area contributed by atoms with E-state index in [2.05, 4.69) is 4.84 Å². The lowest BCUT2D eigenvalue weighted by Crippen LogP contribution is -2.51. The van der Waals surface area contributed by atoms with Crippen LogP contribution in [0.4, 0.5) is 0 Å². The van der Waals surface area contributed by atoms with Gasteiger partial charge in [0.05, 0.1) is 24.8 Å². The molecule has 9 heteroatoms. The van der Waals surface area contributed by atoms with Gasteiger partial charge in [-0.1, -0.05) is 18.5 Å². The molecule has 0 fully saturated rings. The van der Waals surface area contributed by atoms with Crippen molar-refractivity contribution in [1.29, 1.82) is 0 Å². The maximum atomic E-state index is 13.3. The molecule has 2 aliphatic rings. The van der Waals surface area contributed by atoms with Crippen LogP contribution in [0, 0.1) is 5.92 Å². The molecule has 1 heterocycles. The van der Waals surface area contributed by atoms with Gasteiger partial charge in [0.25, 0.3) is 0 Å². The van der Waals surface area contributed by atoms with Crippen LogP contribution in [0.15, 0.2) is 17.9 Å². The fraction of sp³-hybridized carbons (Fsp3) is 0.353. The molecule has 1 aromatic carbocycles. The molecule has 1 spiro atoms. The van der Waals surface area contributed by atoms with Crippen LogP contribution in [-0.4, -0.2) is 37.4 Å². The zero-order chi connectivity index (χ0) is 19.2. The van der Waals surface area contributed by atoms with Gasteiger partial charge >= 0.3 is 5.97 Å². The molecular weight excluding hydrogens is 366 g/mol. The number of ether oxygens (including phenoxy) is 3. The van der Waals surface area contributed by atoms with E-state index in [1.165, 1.54) is 26.4 Å². The van der Waals surface area contributed by atoms with Crippen LogP contribution < -0.4 is 15.4 Å². The van der Waals surface area contributed by atoms with E-state index >= 15 is 0 Å². The summed E-state index contributed by atoms with van der Waals surface area (Å²) >= 11 is 6.28.